The Bertz CT molecular complexity index is 845. The molecule has 0 aliphatic rings. The number of ether oxygens (including phenoxy) is 2. The molecule has 0 bridgehead atoms. The van der Waals surface area contributed by atoms with Crippen molar-refractivity contribution in [3.8, 4) is 11.5 Å². The zero-order valence-electron chi connectivity index (χ0n) is 16.5. The van der Waals surface area contributed by atoms with Crippen LogP contribution < -0.4 is 20.2 Å². The van der Waals surface area contributed by atoms with E-state index in [9.17, 15) is 9.59 Å². The Kier molecular flexibility index (Phi) is 7.56. The van der Waals surface area contributed by atoms with Crippen molar-refractivity contribution in [2.45, 2.75) is 33.8 Å². The third-order valence-electron chi connectivity index (χ3n) is 3.48. The normalized spacial score (nSPS) is 10.8. The third kappa shape index (κ3) is 6.42. The second kappa shape index (κ2) is 10.1. The predicted octanol–water partition coefficient (Wildman–Crippen LogP) is 3.59. The van der Waals surface area contributed by atoms with Crippen molar-refractivity contribution in [3.63, 3.8) is 0 Å². The average molecular weight is 383 g/mol. The van der Waals surface area contributed by atoms with Crippen LogP contribution in [0.1, 0.15) is 43.6 Å². The molecular formula is C21H25N3O4. The summed E-state index contributed by atoms with van der Waals surface area (Å²) in [6, 6.07) is 12.0. The summed E-state index contributed by atoms with van der Waals surface area (Å²) in [7, 11) is 0. The number of nitrogens with one attached hydrogen (secondary N) is 2. The number of hydrogen-bond acceptors (Lipinski definition) is 5. The van der Waals surface area contributed by atoms with Gasteiger partial charge in [-0.3, -0.25) is 9.59 Å². The van der Waals surface area contributed by atoms with Gasteiger partial charge in [0.2, 0.25) is 5.91 Å². The summed E-state index contributed by atoms with van der Waals surface area (Å²) < 4.78 is 11.3. The fourth-order valence-corrected chi connectivity index (χ4v) is 2.36. The molecule has 0 aliphatic heterocycles. The van der Waals surface area contributed by atoms with Gasteiger partial charge in [0.25, 0.3) is 5.91 Å². The van der Waals surface area contributed by atoms with E-state index in [2.05, 4.69) is 15.8 Å². The standard InChI is InChI=1S/C21H25N3O4/c1-5-27-20-12-16(6-11-19(20)28-14(2)3)13-22-24-21(26)17-7-9-18(10-8-17)23-15(4)25/h6-14H,5H2,1-4H3,(H,23,25)(H,24,26)/b22-13-. The second-order valence-electron chi connectivity index (χ2n) is 6.26. The van der Waals surface area contributed by atoms with Crippen LogP contribution >= 0.6 is 0 Å². The molecule has 0 atom stereocenters. The van der Waals surface area contributed by atoms with Gasteiger partial charge in [0.15, 0.2) is 11.5 Å². The van der Waals surface area contributed by atoms with Crippen molar-refractivity contribution in [2.24, 2.45) is 5.10 Å². The molecule has 0 fully saturated rings. The van der Waals surface area contributed by atoms with E-state index in [1.165, 1.54) is 13.1 Å². The number of carbonyl (C=O) groups is 2. The Morgan fingerprint density at radius 3 is 2.43 bits per heavy atom. The molecular weight excluding hydrogens is 358 g/mol. The molecule has 0 aromatic heterocycles. The number of carbonyl (C=O) groups excluding carboxylic acids is 2. The minimum absolute atomic E-state index is 0.0371. The Labute approximate surface area is 164 Å². The topological polar surface area (TPSA) is 89.0 Å². The number of nitrogens with zero attached hydrogens (tertiary/aromatic N) is 1. The highest BCUT2D eigenvalue weighted by molar-refractivity contribution is 5.96. The number of hydrazone groups is 1. The van der Waals surface area contributed by atoms with Gasteiger partial charge in [-0.25, -0.2) is 5.43 Å². The molecule has 28 heavy (non-hydrogen) atoms. The lowest BCUT2D eigenvalue weighted by Gasteiger charge is -2.14. The van der Waals surface area contributed by atoms with E-state index < -0.39 is 0 Å². The number of amides is 2. The quantitative estimate of drug-likeness (QED) is 0.538. The molecule has 2 aromatic carbocycles. The van der Waals surface area contributed by atoms with Gasteiger partial charge in [-0.1, -0.05) is 0 Å². The van der Waals surface area contributed by atoms with Crippen LogP contribution in [0.3, 0.4) is 0 Å². The fraction of sp³-hybridized carbons (Fsp3) is 0.286. The minimum atomic E-state index is -0.351. The smallest absolute Gasteiger partial charge is 0.271 e. The van der Waals surface area contributed by atoms with Crippen molar-refractivity contribution in [2.75, 3.05) is 11.9 Å². The first-order chi connectivity index (χ1) is 13.4. The van der Waals surface area contributed by atoms with Gasteiger partial charge in [-0.2, -0.15) is 5.10 Å². The van der Waals surface area contributed by atoms with Gasteiger partial charge >= 0.3 is 0 Å². The average Bonchev–Trinajstić information content (AvgIpc) is 2.63. The minimum Gasteiger partial charge on any atom is -0.490 e. The lowest BCUT2D eigenvalue weighted by Crippen LogP contribution is -2.17. The monoisotopic (exact) mass is 383 g/mol. The maximum Gasteiger partial charge on any atom is 0.271 e. The van der Waals surface area contributed by atoms with E-state index in [4.69, 9.17) is 9.47 Å². The Balaban J connectivity index is 2.02. The molecule has 2 rings (SSSR count). The van der Waals surface area contributed by atoms with Gasteiger partial charge < -0.3 is 14.8 Å². The highest BCUT2D eigenvalue weighted by Gasteiger charge is 2.08. The van der Waals surface area contributed by atoms with Gasteiger partial charge in [-0.15, -0.1) is 0 Å². The van der Waals surface area contributed by atoms with E-state index in [-0.39, 0.29) is 17.9 Å². The summed E-state index contributed by atoms with van der Waals surface area (Å²) in [4.78, 5) is 23.2. The molecule has 0 saturated carbocycles. The van der Waals surface area contributed by atoms with Crippen LogP contribution in [0.15, 0.2) is 47.6 Å². The van der Waals surface area contributed by atoms with E-state index in [1.807, 2.05) is 32.9 Å². The molecule has 7 heteroatoms. The molecule has 2 amide bonds. The van der Waals surface area contributed by atoms with Crippen LogP contribution in [0.2, 0.25) is 0 Å². The molecule has 0 unspecified atom stereocenters. The second-order valence-corrected chi connectivity index (χ2v) is 6.26. The summed E-state index contributed by atoms with van der Waals surface area (Å²) in [5.41, 5.74) is 4.30. The van der Waals surface area contributed by atoms with Crippen molar-refractivity contribution in [3.05, 3.63) is 53.6 Å². The summed E-state index contributed by atoms with van der Waals surface area (Å²) in [5.74, 6) is 0.769. The Morgan fingerprint density at radius 1 is 1.11 bits per heavy atom. The lowest BCUT2D eigenvalue weighted by atomic mass is 10.2. The van der Waals surface area contributed by atoms with Crippen LogP contribution in [-0.4, -0.2) is 30.7 Å². The number of hydrogen-bond donors (Lipinski definition) is 2. The SMILES string of the molecule is CCOc1cc(/C=N\NC(=O)c2ccc(NC(C)=O)cc2)ccc1OC(C)C. The summed E-state index contributed by atoms with van der Waals surface area (Å²) >= 11 is 0. The summed E-state index contributed by atoms with van der Waals surface area (Å²) in [6.07, 6.45) is 1.57. The molecule has 148 valence electrons. The Morgan fingerprint density at radius 2 is 1.82 bits per heavy atom. The van der Waals surface area contributed by atoms with Gasteiger partial charge in [0, 0.05) is 18.2 Å². The fourth-order valence-electron chi connectivity index (χ4n) is 2.36. The zero-order valence-corrected chi connectivity index (χ0v) is 16.5. The molecule has 2 N–H and O–H groups in total. The number of benzene rings is 2. The first-order valence-electron chi connectivity index (χ1n) is 9.03. The summed E-state index contributed by atoms with van der Waals surface area (Å²) in [6.45, 7) is 7.73. The van der Waals surface area contributed by atoms with Gasteiger partial charge in [-0.05, 0) is 68.8 Å². The van der Waals surface area contributed by atoms with E-state index >= 15 is 0 Å². The largest absolute Gasteiger partial charge is 0.490 e. The first kappa shape index (κ1) is 21.0. The van der Waals surface area contributed by atoms with Crippen molar-refractivity contribution in [1.29, 1.82) is 0 Å². The highest BCUT2D eigenvalue weighted by Crippen LogP contribution is 2.28. The molecule has 0 spiro atoms. The Hall–Kier alpha value is -3.35. The first-order valence-corrected chi connectivity index (χ1v) is 9.03. The molecule has 0 aliphatic carbocycles. The number of anilines is 1. The molecule has 7 nitrogen and oxygen atoms in total. The van der Waals surface area contributed by atoms with Crippen LogP contribution in [0, 0.1) is 0 Å². The van der Waals surface area contributed by atoms with Gasteiger partial charge in [0.05, 0.1) is 18.9 Å². The van der Waals surface area contributed by atoms with Crippen molar-refractivity contribution in [1.82, 2.24) is 5.43 Å². The molecule has 0 saturated heterocycles. The maximum atomic E-state index is 12.2. The predicted molar refractivity (Wildman–Crippen MR) is 109 cm³/mol. The summed E-state index contributed by atoms with van der Waals surface area (Å²) in [5, 5.41) is 6.63. The van der Waals surface area contributed by atoms with E-state index in [0.29, 0.717) is 29.4 Å². The van der Waals surface area contributed by atoms with Crippen LogP contribution in [0.5, 0.6) is 11.5 Å². The number of rotatable bonds is 8. The van der Waals surface area contributed by atoms with Crippen LogP contribution in [0.4, 0.5) is 5.69 Å². The van der Waals surface area contributed by atoms with Crippen LogP contribution in [-0.2, 0) is 4.79 Å². The maximum absolute atomic E-state index is 12.2. The highest BCUT2D eigenvalue weighted by atomic mass is 16.5. The van der Waals surface area contributed by atoms with Crippen LogP contribution in [0.25, 0.3) is 0 Å². The third-order valence-corrected chi connectivity index (χ3v) is 3.48. The van der Waals surface area contributed by atoms with Crippen molar-refractivity contribution < 1.29 is 19.1 Å². The van der Waals surface area contributed by atoms with Crippen molar-refractivity contribution >= 4 is 23.7 Å². The van der Waals surface area contributed by atoms with E-state index in [1.54, 1.807) is 30.3 Å². The zero-order chi connectivity index (χ0) is 20.5. The molecule has 2 aromatic rings. The molecule has 0 heterocycles. The van der Waals surface area contributed by atoms with E-state index in [0.717, 1.165) is 5.56 Å². The lowest BCUT2D eigenvalue weighted by molar-refractivity contribution is -0.114. The van der Waals surface area contributed by atoms with Gasteiger partial charge in [0.1, 0.15) is 0 Å². The molecule has 0 radical (unpaired) electrons.